The second-order valence-electron chi connectivity index (χ2n) is 6.72. The number of esters is 1. The van der Waals surface area contributed by atoms with Crippen molar-refractivity contribution in [1.29, 1.82) is 0 Å². The van der Waals surface area contributed by atoms with Crippen molar-refractivity contribution in [2.75, 3.05) is 39.5 Å². The molecule has 8 nitrogen and oxygen atoms in total. The largest absolute Gasteiger partial charge is 0.490 e. The van der Waals surface area contributed by atoms with Crippen molar-refractivity contribution in [3.05, 3.63) is 60.3 Å². The molecule has 1 fully saturated rings. The summed E-state index contributed by atoms with van der Waals surface area (Å²) in [6.07, 6.45) is 1.63. The number of carbonyl (C=O) groups is 1. The van der Waals surface area contributed by atoms with Gasteiger partial charge >= 0.3 is 5.97 Å². The van der Waals surface area contributed by atoms with E-state index in [1.165, 1.54) is 16.4 Å². The summed E-state index contributed by atoms with van der Waals surface area (Å²) in [5.74, 6) is 0.0714. The van der Waals surface area contributed by atoms with Gasteiger partial charge in [-0.3, -0.25) is 0 Å². The van der Waals surface area contributed by atoms with Crippen LogP contribution in [0, 0.1) is 0 Å². The lowest BCUT2D eigenvalue weighted by Gasteiger charge is -2.26. The van der Waals surface area contributed by atoms with E-state index in [4.69, 9.17) is 14.2 Å². The summed E-state index contributed by atoms with van der Waals surface area (Å²) in [4.78, 5) is 15.5. The minimum atomic E-state index is -3.53. The summed E-state index contributed by atoms with van der Waals surface area (Å²) in [7, 11) is -3.53. The highest BCUT2D eigenvalue weighted by molar-refractivity contribution is 7.89. The zero-order chi connectivity index (χ0) is 21.0. The Kier molecular flexibility index (Phi) is 6.03. The van der Waals surface area contributed by atoms with Crippen molar-refractivity contribution in [3.63, 3.8) is 0 Å². The Morgan fingerprint density at radius 1 is 1.03 bits per heavy atom. The van der Waals surface area contributed by atoms with Crippen LogP contribution in [-0.4, -0.2) is 63.2 Å². The van der Waals surface area contributed by atoms with E-state index in [1.807, 2.05) is 24.3 Å². The van der Waals surface area contributed by atoms with Gasteiger partial charge in [-0.15, -0.1) is 0 Å². The van der Waals surface area contributed by atoms with Gasteiger partial charge in [-0.25, -0.2) is 13.2 Å². The SMILES string of the molecule is O=C(OCCOc1ccc(S(=O)(=O)N2CCOCC2)cc1)c1c[nH]c2ccccc12. The fourth-order valence-corrected chi connectivity index (χ4v) is 4.66. The first-order valence-corrected chi connectivity index (χ1v) is 11.0. The van der Waals surface area contributed by atoms with E-state index in [1.54, 1.807) is 18.3 Å². The second-order valence-corrected chi connectivity index (χ2v) is 8.66. The molecule has 0 spiro atoms. The highest BCUT2D eigenvalue weighted by atomic mass is 32.2. The molecular formula is C21H22N2O6S. The number of nitrogens with one attached hydrogen (secondary N) is 1. The van der Waals surface area contributed by atoms with Crippen molar-refractivity contribution in [1.82, 2.24) is 9.29 Å². The molecule has 9 heteroatoms. The van der Waals surface area contributed by atoms with Crippen LogP contribution in [0.4, 0.5) is 0 Å². The van der Waals surface area contributed by atoms with Crippen molar-refractivity contribution in [2.45, 2.75) is 4.90 Å². The molecular weight excluding hydrogens is 408 g/mol. The molecule has 3 aromatic rings. The topological polar surface area (TPSA) is 97.9 Å². The summed E-state index contributed by atoms with van der Waals surface area (Å²) in [5.41, 5.74) is 1.34. The molecule has 2 heterocycles. The molecule has 0 aliphatic carbocycles. The lowest BCUT2D eigenvalue weighted by atomic mass is 10.2. The number of ether oxygens (including phenoxy) is 3. The van der Waals surface area contributed by atoms with Gasteiger partial charge in [0, 0.05) is 30.2 Å². The summed E-state index contributed by atoms with van der Waals surface area (Å²) in [6.45, 7) is 1.73. The van der Waals surface area contributed by atoms with Gasteiger partial charge in [-0.05, 0) is 30.3 Å². The van der Waals surface area contributed by atoms with Crippen LogP contribution in [-0.2, 0) is 19.5 Å². The molecule has 0 saturated carbocycles. The number of aromatic amines is 1. The van der Waals surface area contributed by atoms with Gasteiger partial charge in [0.1, 0.15) is 19.0 Å². The van der Waals surface area contributed by atoms with E-state index >= 15 is 0 Å². The van der Waals surface area contributed by atoms with Crippen molar-refractivity contribution >= 4 is 26.9 Å². The van der Waals surface area contributed by atoms with Crippen molar-refractivity contribution in [2.24, 2.45) is 0 Å². The van der Waals surface area contributed by atoms with Gasteiger partial charge in [-0.2, -0.15) is 4.31 Å². The molecule has 2 aromatic carbocycles. The maximum atomic E-state index is 12.6. The number of para-hydroxylation sites is 1. The molecule has 0 unspecified atom stereocenters. The van der Waals surface area contributed by atoms with Crippen LogP contribution >= 0.6 is 0 Å². The van der Waals surface area contributed by atoms with Gasteiger partial charge in [0.15, 0.2) is 0 Å². The first kappa shape index (κ1) is 20.4. The monoisotopic (exact) mass is 430 g/mol. The summed E-state index contributed by atoms with van der Waals surface area (Å²) in [6, 6.07) is 13.7. The molecule has 158 valence electrons. The number of H-pyrrole nitrogens is 1. The number of fused-ring (bicyclic) bond motifs is 1. The Morgan fingerprint density at radius 2 is 1.77 bits per heavy atom. The number of sulfonamides is 1. The number of aromatic nitrogens is 1. The quantitative estimate of drug-likeness (QED) is 0.457. The Bertz CT molecular complexity index is 1120. The van der Waals surface area contributed by atoms with E-state index in [9.17, 15) is 13.2 Å². The number of hydrogen-bond donors (Lipinski definition) is 1. The normalized spacial score (nSPS) is 15.2. The number of nitrogens with zero attached hydrogens (tertiary/aromatic N) is 1. The number of rotatable bonds is 7. The molecule has 4 rings (SSSR count). The predicted octanol–water partition coefficient (Wildman–Crippen LogP) is 2.42. The van der Waals surface area contributed by atoms with Gasteiger partial charge < -0.3 is 19.2 Å². The summed E-state index contributed by atoms with van der Waals surface area (Å²) < 4.78 is 42.7. The predicted molar refractivity (Wildman–Crippen MR) is 110 cm³/mol. The fourth-order valence-electron chi connectivity index (χ4n) is 3.26. The smallest absolute Gasteiger partial charge is 0.340 e. The first-order chi connectivity index (χ1) is 14.6. The fraction of sp³-hybridized carbons (Fsp3) is 0.286. The minimum Gasteiger partial charge on any atom is -0.490 e. The Morgan fingerprint density at radius 3 is 2.53 bits per heavy atom. The van der Waals surface area contributed by atoms with Crippen LogP contribution in [0.3, 0.4) is 0 Å². The van der Waals surface area contributed by atoms with E-state index < -0.39 is 16.0 Å². The number of morpholine rings is 1. The van der Waals surface area contributed by atoms with Gasteiger partial charge in [0.2, 0.25) is 10.0 Å². The standard InChI is InChI=1S/C21H22N2O6S/c24-21(19-15-22-20-4-2-1-3-18(19)20)29-14-13-28-16-5-7-17(8-6-16)30(25,26)23-9-11-27-12-10-23/h1-8,15,22H,9-14H2. The highest BCUT2D eigenvalue weighted by Gasteiger charge is 2.26. The van der Waals surface area contributed by atoms with E-state index in [0.29, 0.717) is 37.6 Å². The zero-order valence-corrected chi connectivity index (χ0v) is 17.1. The van der Waals surface area contributed by atoms with Crippen LogP contribution in [0.5, 0.6) is 5.75 Å². The highest BCUT2D eigenvalue weighted by Crippen LogP contribution is 2.21. The molecule has 30 heavy (non-hydrogen) atoms. The molecule has 1 saturated heterocycles. The number of carbonyl (C=O) groups excluding carboxylic acids is 1. The Balaban J connectivity index is 1.29. The lowest BCUT2D eigenvalue weighted by molar-refractivity contribution is 0.0452. The van der Waals surface area contributed by atoms with Crippen LogP contribution in [0.2, 0.25) is 0 Å². The first-order valence-electron chi connectivity index (χ1n) is 9.60. The third-order valence-electron chi connectivity index (χ3n) is 4.83. The molecule has 1 aromatic heterocycles. The average molecular weight is 430 g/mol. The summed E-state index contributed by atoms with van der Waals surface area (Å²) >= 11 is 0. The van der Waals surface area contributed by atoms with Crippen LogP contribution in [0.1, 0.15) is 10.4 Å². The maximum absolute atomic E-state index is 12.6. The van der Waals surface area contributed by atoms with Crippen LogP contribution in [0.25, 0.3) is 10.9 Å². The minimum absolute atomic E-state index is 0.0756. The molecule has 0 amide bonds. The summed E-state index contributed by atoms with van der Waals surface area (Å²) in [5, 5.41) is 0.806. The van der Waals surface area contributed by atoms with E-state index in [0.717, 1.165) is 10.9 Å². The van der Waals surface area contributed by atoms with E-state index in [-0.39, 0.29) is 18.1 Å². The number of hydrogen-bond acceptors (Lipinski definition) is 6. The van der Waals surface area contributed by atoms with Gasteiger partial charge in [-0.1, -0.05) is 18.2 Å². The average Bonchev–Trinajstić information content (AvgIpc) is 3.22. The van der Waals surface area contributed by atoms with Crippen molar-refractivity contribution in [3.8, 4) is 5.75 Å². The van der Waals surface area contributed by atoms with Crippen LogP contribution < -0.4 is 4.74 Å². The molecule has 1 aliphatic heterocycles. The third-order valence-corrected chi connectivity index (χ3v) is 6.74. The van der Waals surface area contributed by atoms with E-state index in [2.05, 4.69) is 4.98 Å². The lowest BCUT2D eigenvalue weighted by Crippen LogP contribution is -2.40. The third kappa shape index (κ3) is 4.33. The number of benzene rings is 2. The molecule has 1 aliphatic rings. The maximum Gasteiger partial charge on any atom is 0.340 e. The van der Waals surface area contributed by atoms with Gasteiger partial charge in [0.25, 0.3) is 0 Å². The van der Waals surface area contributed by atoms with Crippen LogP contribution in [0.15, 0.2) is 59.6 Å². The molecule has 0 bridgehead atoms. The second kappa shape index (κ2) is 8.86. The Hall–Kier alpha value is -2.88. The Labute approximate surface area is 174 Å². The molecule has 1 N–H and O–H groups in total. The van der Waals surface area contributed by atoms with Crippen molar-refractivity contribution < 1.29 is 27.4 Å². The molecule has 0 atom stereocenters. The zero-order valence-electron chi connectivity index (χ0n) is 16.2. The molecule has 0 radical (unpaired) electrons. The van der Waals surface area contributed by atoms with Gasteiger partial charge in [0.05, 0.1) is 23.7 Å².